The molecule has 0 aliphatic rings. The van der Waals surface area contributed by atoms with Crippen LogP contribution in [-0.2, 0) is 16.6 Å². The standard InChI is InChI=1S/C11H13FN4O2S/c1-7-2-3-9(12)10(4-7)16-19(17,18)11-8(5-13)6-14-15-11/h2-4,6,16H,5,13H2,1H3,(H,14,15). The molecule has 0 saturated carbocycles. The summed E-state index contributed by atoms with van der Waals surface area (Å²) in [5, 5.41) is 5.81. The number of nitrogens with two attached hydrogens (primary N) is 1. The largest absolute Gasteiger partial charge is 0.326 e. The van der Waals surface area contributed by atoms with Crippen molar-refractivity contribution in [2.75, 3.05) is 4.72 Å². The minimum absolute atomic E-state index is 0.0169. The number of aromatic nitrogens is 2. The molecule has 2 aromatic rings. The number of aromatic amines is 1. The van der Waals surface area contributed by atoms with Crippen LogP contribution in [0.2, 0.25) is 0 Å². The lowest BCUT2D eigenvalue weighted by Crippen LogP contribution is -2.17. The molecule has 4 N–H and O–H groups in total. The van der Waals surface area contributed by atoms with Gasteiger partial charge in [0, 0.05) is 12.1 Å². The average molecular weight is 284 g/mol. The molecule has 0 fully saturated rings. The number of rotatable bonds is 4. The quantitative estimate of drug-likeness (QED) is 0.783. The van der Waals surface area contributed by atoms with E-state index in [-0.39, 0.29) is 17.3 Å². The van der Waals surface area contributed by atoms with Crippen molar-refractivity contribution in [1.82, 2.24) is 10.2 Å². The summed E-state index contributed by atoms with van der Waals surface area (Å²) in [5.74, 6) is -0.650. The van der Waals surface area contributed by atoms with Gasteiger partial charge in [0.25, 0.3) is 10.0 Å². The fourth-order valence-electron chi connectivity index (χ4n) is 1.59. The topological polar surface area (TPSA) is 101 Å². The van der Waals surface area contributed by atoms with E-state index >= 15 is 0 Å². The molecule has 0 saturated heterocycles. The predicted molar refractivity (Wildman–Crippen MR) is 68.4 cm³/mol. The molecule has 0 spiro atoms. The van der Waals surface area contributed by atoms with Crippen LogP contribution >= 0.6 is 0 Å². The van der Waals surface area contributed by atoms with Gasteiger partial charge < -0.3 is 5.73 Å². The molecule has 0 radical (unpaired) electrons. The smallest absolute Gasteiger partial charge is 0.279 e. The van der Waals surface area contributed by atoms with E-state index in [1.165, 1.54) is 18.3 Å². The van der Waals surface area contributed by atoms with E-state index in [2.05, 4.69) is 14.9 Å². The monoisotopic (exact) mass is 284 g/mol. The van der Waals surface area contributed by atoms with E-state index in [1.807, 2.05) is 0 Å². The summed E-state index contributed by atoms with van der Waals surface area (Å²) >= 11 is 0. The van der Waals surface area contributed by atoms with Crippen LogP contribution in [0.15, 0.2) is 29.4 Å². The van der Waals surface area contributed by atoms with Crippen LogP contribution < -0.4 is 10.5 Å². The number of nitrogens with one attached hydrogen (secondary N) is 2. The van der Waals surface area contributed by atoms with Crippen LogP contribution in [0.25, 0.3) is 0 Å². The highest BCUT2D eigenvalue weighted by Gasteiger charge is 2.21. The molecule has 0 aliphatic carbocycles. The van der Waals surface area contributed by atoms with Gasteiger partial charge in [-0.25, -0.2) is 4.39 Å². The van der Waals surface area contributed by atoms with Gasteiger partial charge in [-0.15, -0.1) is 0 Å². The number of sulfonamides is 1. The minimum Gasteiger partial charge on any atom is -0.326 e. The first-order valence-electron chi connectivity index (χ1n) is 5.45. The van der Waals surface area contributed by atoms with Crippen molar-refractivity contribution in [3.8, 4) is 0 Å². The maximum Gasteiger partial charge on any atom is 0.279 e. The van der Waals surface area contributed by atoms with Gasteiger partial charge in [0.1, 0.15) is 5.82 Å². The number of nitrogens with zero attached hydrogens (tertiary/aromatic N) is 1. The Morgan fingerprint density at radius 1 is 1.47 bits per heavy atom. The predicted octanol–water partition coefficient (Wildman–Crippen LogP) is 1.12. The van der Waals surface area contributed by atoms with E-state index < -0.39 is 15.8 Å². The molecule has 1 aromatic heterocycles. The van der Waals surface area contributed by atoms with Gasteiger partial charge in [0.05, 0.1) is 11.9 Å². The molecule has 2 rings (SSSR count). The molecular formula is C11H13FN4O2S. The number of benzene rings is 1. The van der Waals surface area contributed by atoms with Crippen molar-refractivity contribution < 1.29 is 12.8 Å². The van der Waals surface area contributed by atoms with Crippen molar-refractivity contribution in [2.45, 2.75) is 18.5 Å². The first-order chi connectivity index (χ1) is 8.94. The van der Waals surface area contributed by atoms with Crippen LogP contribution in [0.3, 0.4) is 0 Å². The van der Waals surface area contributed by atoms with Gasteiger partial charge in [-0.1, -0.05) is 6.07 Å². The Morgan fingerprint density at radius 3 is 2.89 bits per heavy atom. The second kappa shape index (κ2) is 4.98. The lowest BCUT2D eigenvalue weighted by Gasteiger charge is -2.09. The third-order valence-corrected chi connectivity index (χ3v) is 3.91. The Morgan fingerprint density at radius 2 is 2.21 bits per heavy atom. The molecule has 102 valence electrons. The van der Waals surface area contributed by atoms with E-state index in [0.29, 0.717) is 5.56 Å². The highest BCUT2D eigenvalue weighted by atomic mass is 32.2. The molecule has 1 aromatic carbocycles. The van der Waals surface area contributed by atoms with Crippen LogP contribution in [0, 0.1) is 12.7 Å². The molecule has 1 heterocycles. The molecule has 0 aliphatic heterocycles. The Kier molecular flexibility index (Phi) is 3.54. The molecular weight excluding hydrogens is 271 g/mol. The zero-order chi connectivity index (χ0) is 14.0. The number of hydrogen-bond donors (Lipinski definition) is 3. The summed E-state index contributed by atoms with van der Waals surface area (Å²) in [7, 11) is -3.94. The van der Waals surface area contributed by atoms with Gasteiger partial charge in [0.15, 0.2) is 5.03 Å². The zero-order valence-electron chi connectivity index (χ0n) is 10.1. The van der Waals surface area contributed by atoms with Crippen molar-refractivity contribution >= 4 is 15.7 Å². The lowest BCUT2D eigenvalue weighted by atomic mass is 10.2. The fraction of sp³-hybridized carbons (Fsp3) is 0.182. The van der Waals surface area contributed by atoms with Gasteiger partial charge >= 0.3 is 0 Å². The first-order valence-corrected chi connectivity index (χ1v) is 6.93. The summed E-state index contributed by atoms with van der Waals surface area (Å²) in [4.78, 5) is 0. The van der Waals surface area contributed by atoms with Crippen LogP contribution in [0.4, 0.5) is 10.1 Å². The first kappa shape index (κ1) is 13.5. The van der Waals surface area contributed by atoms with Gasteiger partial charge in [-0.2, -0.15) is 13.5 Å². The second-order valence-corrected chi connectivity index (χ2v) is 5.64. The highest BCUT2D eigenvalue weighted by Crippen LogP contribution is 2.20. The SMILES string of the molecule is Cc1ccc(F)c(NS(=O)(=O)c2[nH]ncc2CN)c1. The van der Waals surface area contributed by atoms with E-state index in [1.54, 1.807) is 13.0 Å². The molecule has 19 heavy (non-hydrogen) atoms. The van der Waals surface area contributed by atoms with Crippen LogP contribution in [0.1, 0.15) is 11.1 Å². The Balaban J connectivity index is 2.39. The maximum atomic E-state index is 13.5. The highest BCUT2D eigenvalue weighted by molar-refractivity contribution is 7.92. The number of aryl methyl sites for hydroxylation is 1. The van der Waals surface area contributed by atoms with Crippen LogP contribution in [-0.4, -0.2) is 18.6 Å². The molecule has 0 bridgehead atoms. The summed E-state index contributed by atoms with van der Waals surface area (Å²) < 4.78 is 39.9. The number of anilines is 1. The molecule has 6 nitrogen and oxygen atoms in total. The van der Waals surface area contributed by atoms with E-state index in [0.717, 1.165) is 5.56 Å². The van der Waals surface area contributed by atoms with E-state index in [4.69, 9.17) is 5.73 Å². The Bertz CT molecular complexity index is 696. The third kappa shape index (κ3) is 2.74. The number of halogens is 1. The minimum atomic E-state index is -3.94. The lowest BCUT2D eigenvalue weighted by molar-refractivity contribution is 0.593. The molecule has 0 unspecified atom stereocenters. The normalized spacial score (nSPS) is 11.5. The third-order valence-electron chi connectivity index (χ3n) is 2.53. The summed E-state index contributed by atoms with van der Waals surface area (Å²) in [6.07, 6.45) is 1.32. The van der Waals surface area contributed by atoms with Crippen LogP contribution in [0.5, 0.6) is 0 Å². The Labute approximate surface area is 109 Å². The number of hydrogen-bond acceptors (Lipinski definition) is 4. The van der Waals surface area contributed by atoms with Gasteiger partial charge in [0.2, 0.25) is 0 Å². The average Bonchev–Trinajstić information content (AvgIpc) is 2.82. The van der Waals surface area contributed by atoms with Crippen molar-refractivity contribution in [3.05, 3.63) is 41.3 Å². The van der Waals surface area contributed by atoms with Crippen molar-refractivity contribution in [2.24, 2.45) is 5.73 Å². The molecule has 8 heteroatoms. The summed E-state index contributed by atoms with van der Waals surface area (Å²) in [6, 6.07) is 4.16. The van der Waals surface area contributed by atoms with Gasteiger partial charge in [-0.05, 0) is 24.6 Å². The molecule has 0 amide bonds. The van der Waals surface area contributed by atoms with Crippen molar-refractivity contribution in [1.29, 1.82) is 0 Å². The molecule has 0 atom stereocenters. The van der Waals surface area contributed by atoms with E-state index in [9.17, 15) is 12.8 Å². The van der Waals surface area contributed by atoms with Gasteiger partial charge in [-0.3, -0.25) is 9.82 Å². The van der Waals surface area contributed by atoms with Crippen molar-refractivity contribution in [3.63, 3.8) is 0 Å². The fourth-order valence-corrected chi connectivity index (χ4v) is 2.79. The second-order valence-electron chi connectivity index (χ2n) is 4.02. The summed E-state index contributed by atoms with van der Waals surface area (Å²) in [6.45, 7) is 1.75. The summed E-state index contributed by atoms with van der Waals surface area (Å²) in [5.41, 5.74) is 6.37. The maximum absolute atomic E-state index is 13.5. The zero-order valence-corrected chi connectivity index (χ0v) is 11.0. The number of H-pyrrole nitrogens is 1. The Hall–Kier alpha value is -1.93.